The minimum absolute atomic E-state index is 0.197. The van der Waals surface area contributed by atoms with Crippen LogP contribution in [0.2, 0.25) is 0 Å². The van der Waals surface area contributed by atoms with E-state index in [0.29, 0.717) is 6.54 Å². The van der Waals surface area contributed by atoms with Gasteiger partial charge in [-0.3, -0.25) is 4.79 Å². The van der Waals surface area contributed by atoms with E-state index in [0.717, 1.165) is 6.42 Å². The van der Waals surface area contributed by atoms with Crippen molar-refractivity contribution in [1.82, 2.24) is 5.32 Å². The number of carbonyl (C=O) groups is 1. The Morgan fingerprint density at radius 1 is 1.41 bits per heavy atom. The highest BCUT2D eigenvalue weighted by molar-refractivity contribution is 5.75. The van der Waals surface area contributed by atoms with E-state index in [4.69, 9.17) is 4.74 Å². The molecule has 0 fully saturated rings. The number of rotatable bonds is 5. The topological polar surface area (TPSA) is 38.3 Å². The molecule has 0 heterocycles. The van der Waals surface area contributed by atoms with E-state index in [1.54, 1.807) is 0 Å². The number of ether oxygens (including phenoxy) is 1. The van der Waals surface area contributed by atoms with E-state index < -0.39 is 0 Å². The Bertz CT molecular complexity index is 388. The number of methoxy groups -OCH3 is 1. The van der Waals surface area contributed by atoms with Crippen LogP contribution >= 0.6 is 0 Å². The van der Waals surface area contributed by atoms with Gasteiger partial charge in [-0.25, -0.2) is 0 Å². The predicted octanol–water partition coefficient (Wildman–Crippen LogP) is 2.34. The van der Waals surface area contributed by atoms with Crippen molar-refractivity contribution in [3.8, 4) is 0 Å². The maximum atomic E-state index is 11.4. The van der Waals surface area contributed by atoms with Gasteiger partial charge in [0.2, 0.25) is 0 Å². The fourth-order valence-electron chi connectivity index (χ4n) is 1.81. The van der Waals surface area contributed by atoms with Gasteiger partial charge < -0.3 is 10.1 Å². The normalized spacial score (nSPS) is 12.2. The first-order valence-corrected chi connectivity index (χ1v) is 5.95. The van der Waals surface area contributed by atoms with Crippen LogP contribution in [-0.2, 0) is 16.1 Å². The molecule has 1 N–H and O–H groups in total. The van der Waals surface area contributed by atoms with Gasteiger partial charge >= 0.3 is 5.97 Å². The molecular weight excluding hydrogens is 214 g/mol. The molecule has 1 unspecified atom stereocenters. The molecule has 0 bridgehead atoms. The summed E-state index contributed by atoms with van der Waals surface area (Å²) in [6.07, 6.45) is 0.734. The fourth-order valence-corrected chi connectivity index (χ4v) is 1.81. The lowest BCUT2D eigenvalue weighted by molar-refractivity contribution is -0.143. The van der Waals surface area contributed by atoms with Gasteiger partial charge in [-0.15, -0.1) is 0 Å². The molecule has 3 heteroatoms. The van der Waals surface area contributed by atoms with Crippen LogP contribution in [0.5, 0.6) is 0 Å². The molecule has 0 radical (unpaired) electrons. The second-order valence-corrected chi connectivity index (χ2v) is 4.29. The Morgan fingerprint density at radius 2 is 2.12 bits per heavy atom. The quantitative estimate of drug-likeness (QED) is 0.796. The SMILES string of the molecule is CCC(NCc1ccc(C)cc1C)C(=O)OC. The van der Waals surface area contributed by atoms with Crippen LogP contribution in [0, 0.1) is 13.8 Å². The number of hydrogen-bond donors (Lipinski definition) is 1. The van der Waals surface area contributed by atoms with E-state index in [9.17, 15) is 4.79 Å². The van der Waals surface area contributed by atoms with Crippen LogP contribution in [0.1, 0.15) is 30.0 Å². The molecule has 0 aliphatic carbocycles. The highest BCUT2D eigenvalue weighted by Crippen LogP contribution is 2.10. The summed E-state index contributed by atoms with van der Waals surface area (Å²) < 4.78 is 4.74. The molecule has 1 aromatic carbocycles. The third-order valence-electron chi connectivity index (χ3n) is 2.93. The summed E-state index contributed by atoms with van der Waals surface area (Å²) >= 11 is 0. The number of esters is 1. The molecule has 0 aliphatic heterocycles. The van der Waals surface area contributed by atoms with Crippen LogP contribution in [0.25, 0.3) is 0 Å². The van der Waals surface area contributed by atoms with Crippen molar-refractivity contribution in [3.05, 3.63) is 34.9 Å². The first-order chi connectivity index (χ1) is 8.08. The summed E-state index contributed by atoms with van der Waals surface area (Å²) in [6.45, 7) is 6.83. The summed E-state index contributed by atoms with van der Waals surface area (Å²) in [5.74, 6) is -0.197. The van der Waals surface area contributed by atoms with Crippen molar-refractivity contribution in [2.24, 2.45) is 0 Å². The van der Waals surface area contributed by atoms with Gasteiger partial charge in [0.05, 0.1) is 7.11 Å². The summed E-state index contributed by atoms with van der Waals surface area (Å²) in [4.78, 5) is 11.4. The third-order valence-corrected chi connectivity index (χ3v) is 2.93. The van der Waals surface area contributed by atoms with Crippen LogP contribution in [0.15, 0.2) is 18.2 Å². The molecule has 94 valence electrons. The molecule has 0 saturated heterocycles. The molecule has 17 heavy (non-hydrogen) atoms. The Labute approximate surface area is 103 Å². The van der Waals surface area contributed by atoms with Crippen molar-refractivity contribution < 1.29 is 9.53 Å². The zero-order chi connectivity index (χ0) is 12.8. The molecule has 0 amide bonds. The number of aryl methyl sites for hydroxylation is 2. The Hall–Kier alpha value is -1.35. The summed E-state index contributed by atoms with van der Waals surface area (Å²) in [5.41, 5.74) is 3.72. The molecule has 1 atom stereocenters. The second kappa shape index (κ2) is 6.40. The number of carbonyl (C=O) groups excluding carboxylic acids is 1. The van der Waals surface area contributed by atoms with Crippen molar-refractivity contribution in [2.75, 3.05) is 7.11 Å². The van der Waals surface area contributed by atoms with Crippen molar-refractivity contribution in [3.63, 3.8) is 0 Å². The molecule has 0 aliphatic rings. The minimum Gasteiger partial charge on any atom is -0.468 e. The van der Waals surface area contributed by atoms with Gasteiger partial charge in [-0.1, -0.05) is 30.7 Å². The lowest BCUT2D eigenvalue weighted by Crippen LogP contribution is -2.36. The molecule has 0 aromatic heterocycles. The fraction of sp³-hybridized carbons (Fsp3) is 0.500. The average Bonchev–Trinajstić information content (AvgIpc) is 2.31. The van der Waals surface area contributed by atoms with E-state index in [2.05, 4.69) is 37.4 Å². The number of hydrogen-bond acceptors (Lipinski definition) is 3. The Morgan fingerprint density at radius 3 is 2.65 bits per heavy atom. The van der Waals surface area contributed by atoms with E-state index in [1.165, 1.54) is 23.8 Å². The van der Waals surface area contributed by atoms with Crippen molar-refractivity contribution in [1.29, 1.82) is 0 Å². The van der Waals surface area contributed by atoms with Gasteiger partial charge in [0.25, 0.3) is 0 Å². The van der Waals surface area contributed by atoms with Crippen molar-refractivity contribution >= 4 is 5.97 Å². The first-order valence-electron chi connectivity index (χ1n) is 5.95. The second-order valence-electron chi connectivity index (χ2n) is 4.29. The van der Waals surface area contributed by atoms with Crippen molar-refractivity contribution in [2.45, 2.75) is 39.8 Å². The van der Waals surface area contributed by atoms with E-state index in [-0.39, 0.29) is 12.0 Å². The summed E-state index contributed by atoms with van der Waals surface area (Å²) in [5, 5.41) is 3.22. The predicted molar refractivity (Wildman–Crippen MR) is 68.9 cm³/mol. The average molecular weight is 235 g/mol. The summed E-state index contributed by atoms with van der Waals surface area (Å²) in [6, 6.07) is 6.11. The molecule has 0 saturated carbocycles. The zero-order valence-corrected chi connectivity index (χ0v) is 11.0. The smallest absolute Gasteiger partial charge is 0.322 e. The highest BCUT2D eigenvalue weighted by atomic mass is 16.5. The molecule has 0 spiro atoms. The zero-order valence-electron chi connectivity index (χ0n) is 11.0. The molecule has 1 rings (SSSR count). The van der Waals surface area contributed by atoms with Crippen LogP contribution in [0.3, 0.4) is 0 Å². The minimum atomic E-state index is -0.222. The van der Waals surface area contributed by atoms with Crippen LogP contribution in [-0.4, -0.2) is 19.1 Å². The first kappa shape index (κ1) is 13.7. The van der Waals surface area contributed by atoms with Gasteiger partial charge in [0, 0.05) is 6.54 Å². The van der Waals surface area contributed by atoms with E-state index >= 15 is 0 Å². The summed E-state index contributed by atoms with van der Waals surface area (Å²) in [7, 11) is 1.42. The number of benzene rings is 1. The van der Waals surface area contributed by atoms with Crippen LogP contribution in [0.4, 0.5) is 0 Å². The Balaban J connectivity index is 2.62. The third kappa shape index (κ3) is 3.86. The van der Waals surface area contributed by atoms with Crippen LogP contribution < -0.4 is 5.32 Å². The van der Waals surface area contributed by atoms with E-state index in [1.807, 2.05) is 6.92 Å². The Kier molecular flexibility index (Phi) is 5.16. The highest BCUT2D eigenvalue weighted by Gasteiger charge is 2.15. The molecule has 3 nitrogen and oxygen atoms in total. The standard InChI is InChI=1S/C14H21NO2/c1-5-13(14(16)17-4)15-9-12-7-6-10(2)8-11(12)3/h6-8,13,15H,5,9H2,1-4H3. The van der Waals surface area contributed by atoms with Gasteiger partial charge in [0.15, 0.2) is 0 Å². The van der Waals surface area contributed by atoms with Gasteiger partial charge in [0.1, 0.15) is 6.04 Å². The molecular formula is C14H21NO2. The molecule has 1 aromatic rings. The van der Waals surface area contributed by atoms with Gasteiger partial charge in [-0.05, 0) is 31.4 Å². The van der Waals surface area contributed by atoms with Gasteiger partial charge in [-0.2, -0.15) is 0 Å². The lowest BCUT2D eigenvalue weighted by Gasteiger charge is -2.15. The largest absolute Gasteiger partial charge is 0.468 e. The lowest BCUT2D eigenvalue weighted by atomic mass is 10.1. The maximum absolute atomic E-state index is 11.4. The monoisotopic (exact) mass is 235 g/mol. The number of nitrogens with one attached hydrogen (secondary N) is 1. The maximum Gasteiger partial charge on any atom is 0.322 e.